The van der Waals surface area contributed by atoms with E-state index in [0.29, 0.717) is 22.8 Å². The van der Waals surface area contributed by atoms with Crippen LogP contribution in [0.5, 0.6) is 0 Å². The molecule has 2 N–H and O–H groups in total. The van der Waals surface area contributed by atoms with E-state index in [1.807, 2.05) is 11.0 Å². The summed E-state index contributed by atoms with van der Waals surface area (Å²) in [6.45, 7) is 7.15. The molecule has 24 heavy (non-hydrogen) atoms. The summed E-state index contributed by atoms with van der Waals surface area (Å²) in [4.78, 5) is 14.2. The van der Waals surface area contributed by atoms with Crippen LogP contribution in [0.4, 0.5) is 10.1 Å². The summed E-state index contributed by atoms with van der Waals surface area (Å²) < 4.78 is 19.7. The van der Waals surface area contributed by atoms with Crippen LogP contribution in [0.2, 0.25) is 0 Å². The highest BCUT2D eigenvalue weighted by Gasteiger charge is 2.16. The Bertz CT molecular complexity index is 736. The lowest BCUT2D eigenvalue weighted by Crippen LogP contribution is -2.43. The lowest BCUT2D eigenvalue weighted by Gasteiger charge is -2.29. The molecule has 0 bridgehead atoms. The van der Waals surface area contributed by atoms with Crippen LogP contribution in [-0.4, -0.2) is 32.1 Å². The Morgan fingerprint density at radius 1 is 1.29 bits per heavy atom. The number of anilines is 1. The molecule has 128 valence electrons. The molecule has 1 aromatic carbocycles. The number of hydrogen-bond donors (Lipinski definition) is 2. The third-order valence-corrected chi connectivity index (χ3v) is 4.21. The Hall–Kier alpha value is -2.34. The smallest absolute Gasteiger partial charge is 0.255 e. The maximum Gasteiger partial charge on any atom is 0.255 e. The van der Waals surface area contributed by atoms with Gasteiger partial charge in [0.25, 0.3) is 5.91 Å². The number of furan rings is 1. The summed E-state index contributed by atoms with van der Waals surface area (Å²) in [6, 6.07) is 6.84. The fourth-order valence-corrected chi connectivity index (χ4v) is 2.96. The molecule has 1 aromatic heterocycles. The molecule has 0 spiro atoms. The number of halogens is 1. The van der Waals surface area contributed by atoms with Crippen molar-refractivity contribution in [1.29, 1.82) is 0 Å². The second kappa shape index (κ2) is 7.05. The van der Waals surface area contributed by atoms with Crippen LogP contribution in [0.15, 0.2) is 28.7 Å². The minimum Gasteiger partial charge on any atom is -0.466 e. The number of carbonyl (C=O) groups excluding carboxylic acids is 1. The van der Waals surface area contributed by atoms with E-state index in [2.05, 4.69) is 10.6 Å². The minimum atomic E-state index is -0.251. The van der Waals surface area contributed by atoms with Gasteiger partial charge in [-0.15, -0.1) is 0 Å². The molecule has 0 radical (unpaired) electrons. The van der Waals surface area contributed by atoms with E-state index >= 15 is 0 Å². The van der Waals surface area contributed by atoms with Gasteiger partial charge >= 0.3 is 0 Å². The van der Waals surface area contributed by atoms with Crippen molar-refractivity contribution in [3.05, 3.63) is 52.7 Å². The molecule has 2 aromatic rings. The topological polar surface area (TPSA) is 57.5 Å². The van der Waals surface area contributed by atoms with Gasteiger partial charge in [-0.1, -0.05) is 6.07 Å². The van der Waals surface area contributed by atoms with Gasteiger partial charge in [0.1, 0.15) is 17.3 Å². The van der Waals surface area contributed by atoms with E-state index in [4.69, 9.17) is 4.42 Å². The average molecular weight is 331 g/mol. The predicted molar refractivity (Wildman–Crippen MR) is 90.8 cm³/mol. The van der Waals surface area contributed by atoms with Crippen LogP contribution in [0, 0.1) is 19.7 Å². The first-order valence-electron chi connectivity index (χ1n) is 8.14. The number of carbonyl (C=O) groups is 1. The first-order chi connectivity index (χ1) is 11.5. The van der Waals surface area contributed by atoms with Crippen molar-refractivity contribution in [3.8, 4) is 0 Å². The largest absolute Gasteiger partial charge is 0.466 e. The summed E-state index contributed by atoms with van der Waals surface area (Å²) in [7, 11) is 0. The van der Waals surface area contributed by atoms with E-state index in [-0.39, 0.29) is 18.3 Å². The SMILES string of the molecule is Cc1cc(C(=O)NCc2ccc(N3CCNCC3)c(F)c2)c(C)o1. The standard InChI is InChI=1S/C18H22FN3O2/c1-12-9-15(13(2)24-12)18(23)21-11-14-3-4-17(16(19)10-14)22-7-5-20-6-8-22/h3-4,9-10,20H,5-8,11H2,1-2H3,(H,21,23). The maximum absolute atomic E-state index is 14.4. The average Bonchev–Trinajstić information content (AvgIpc) is 2.92. The zero-order valence-electron chi connectivity index (χ0n) is 14.0. The van der Waals surface area contributed by atoms with Gasteiger partial charge in [0.2, 0.25) is 0 Å². The van der Waals surface area contributed by atoms with Crippen molar-refractivity contribution in [2.45, 2.75) is 20.4 Å². The number of amides is 1. The minimum absolute atomic E-state index is 0.212. The molecule has 1 amide bonds. The zero-order chi connectivity index (χ0) is 17.1. The molecule has 0 aliphatic carbocycles. The van der Waals surface area contributed by atoms with E-state index in [9.17, 15) is 9.18 Å². The normalized spacial score (nSPS) is 14.7. The molecule has 6 heteroatoms. The van der Waals surface area contributed by atoms with E-state index in [0.717, 1.165) is 31.7 Å². The van der Waals surface area contributed by atoms with Gasteiger partial charge < -0.3 is 20.0 Å². The maximum atomic E-state index is 14.4. The first kappa shape index (κ1) is 16.5. The van der Waals surface area contributed by atoms with Gasteiger partial charge in [0.15, 0.2) is 0 Å². The molecule has 2 heterocycles. The molecular formula is C18H22FN3O2. The summed E-state index contributed by atoms with van der Waals surface area (Å²) in [5.74, 6) is 0.823. The molecular weight excluding hydrogens is 309 g/mol. The summed E-state index contributed by atoms with van der Waals surface area (Å²) >= 11 is 0. The predicted octanol–water partition coefficient (Wildman–Crippen LogP) is 2.38. The van der Waals surface area contributed by atoms with Crippen LogP contribution in [-0.2, 0) is 6.54 Å². The van der Waals surface area contributed by atoms with Crippen LogP contribution in [0.1, 0.15) is 27.4 Å². The zero-order valence-corrected chi connectivity index (χ0v) is 14.0. The van der Waals surface area contributed by atoms with Crippen LogP contribution in [0.3, 0.4) is 0 Å². The lowest BCUT2D eigenvalue weighted by atomic mass is 10.1. The van der Waals surface area contributed by atoms with Crippen molar-refractivity contribution < 1.29 is 13.6 Å². The quantitative estimate of drug-likeness (QED) is 0.903. The number of benzene rings is 1. The van der Waals surface area contributed by atoms with E-state index in [1.165, 1.54) is 6.07 Å². The van der Waals surface area contributed by atoms with Crippen molar-refractivity contribution in [1.82, 2.24) is 10.6 Å². The number of nitrogens with one attached hydrogen (secondary N) is 2. The van der Waals surface area contributed by atoms with Crippen LogP contribution < -0.4 is 15.5 Å². The molecule has 3 rings (SSSR count). The number of piperazine rings is 1. The Labute approximate surface area is 140 Å². The molecule has 0 unspecified atom stereocenters. The van der Waals surface area contributed by atoms with Crippen molar-refractivity contribution in [3.63, 3.8) is 0 Å². The van der Waals surface area contributed by atoms with E-state index in [1.54, 1.807) is 26.0 Å². The molecule has 1 fully saturated rings. The van der Waals surface area contributed by atoms with E-state index < -0.39 is 0 Å². The molecule has 1 aliphatic rings. The Balaban J connectivity index is 1.64. The molecule has 5 nitrogen and oxygen atoms in total. The summed E-state index contributed by atoms with van der Waals surface area (Å²) in [5.41, 5.74) is 1.87. The Kier molecular flexibility index (Phi) is 4.85. The molecule has 1 aliphatic heterocycles. The Morgan fingerprint density at radius 2 is 2.04 bits per heavy atom. The molecule has 0 saturated carbocycles. The Morgan fingerprint density at radius 3 is 2.67 bits per heavy atom. The first-order valence-corrected chi connectivity index (χ1v) is 8.14. The lowest BCUT2D eigenvalue weighted by molar-refractivity contribution is 0.0949. The van der Waals surface area contributed by atoms with Gasteiger partial charge in [-0.3, -0.25) is 4.79 Å². The number of nitrogens with zero attached hydrogens (tertiary/aromatic N) is 1. The summed E-state index contributed by atoms with van der Waals surface area (Å²) in [6.07, 6.45) is 0. The van der Waals surface area contributed by atoms with Crippen molar-refractivity contribution in [2.75, 3.05) is 31.1 Å². The number of aryl methyl sites for hydroxylation is 2. The molecule has 0 atom stereocenters. The monoisotopic (exact) mass is 331 g/mol. The second-order valence-corrected chi connectivity index (χ2v) is 6.03. The third-order valence-electron chi connectivity index (χ3n) is 4.21. The summed E-state index contributed by atoms with van der Waals surface area (Å²) in [5, 5.41) is 6.06. The van der Waals surface area contributed by atoms with Crippen molar-refractivity contribution >= 4 is 11.6 Å². The third kappa shape index (κ3) is 3.59. The van der Waals surface area contributed by atoms with Crippen LogP contribution >= 0.6 is 0 Å². The highest BCUT2D eigenvalue weighted by molar-refractivity contribution is 5.95. The highest BCUT2D eigenvalue weighted by atomic mass is 19.1. The van der Waals surface area contributed by atoms with Gasteiger partial charge in [-0.25, -0.2) is 4.39 Å². The molecule has 1 saturated heterocycles. The van der Waals surface area contributed by atoms with Crippen LogP contribution in [0.25, 0.3) is 0 Å². The van der Waals surface area contributed by atoms with Crippen molar-refractivity contribution in [2.24, 2.45) is 0 Å². The number of hydrogen-bond acceptors (Lipinski definition) is 4. The van der Waals surface area contributed by atoms with Gasteiger partial charge in [-0.2, -0.15) is 0 Å². The fourth-order valence-electron chi connectivity index (χ4n) is 2.96. The van der Waals surface area contributed by atoms with Gasteiger partial charge in [0.05, 0.1) is 11.3 Å². The van der Waals surface area contributed by atoms with Gasteiger partial charge in [-0.05, 0) is 37.6 Å². The fraction of sp³-hybridized carbons (Fsp3) is 0.389. The second-order valence-electron chi connectivity index (χ2n) is 6.03. The number of rotatable bonds is 4. The van der Waals surface area contributed by atoms with Gasteiger partial charge in [0, 0.05) is 32.7 Å². The highest BCUT2D eigenvalue weighted by Crippen LogP contribution is 2.21.